The fourth-order valence-electron chi connectivity index (χ4n) is 3.84. The van der Waals surface area contributed by atoms with Gasteiger partial charge in [-0.05, 0) is 37.1 Å². The second kappa shape index (κ2) is 7.42. The maximum absolute atomic E-state index is 12.9. The molecule has 0 atom stereocenters. The number of piperidine rings is 1. The molecule has 0 N–H and O–H groups in total. The summed E-state index contributed by atoms with van der Waals surface area (Å²) in [6.07, 6.45) is 0.720. The number of carbonyl (C=O) groups is 1. The largest absolute Gasteiger partial charge is 0.444 e. The van der Waals surface area contributed by atoms with Crippen LogP contribution >= 0.6 is 11.6 Å². The van der Waals surface area contributed by atoms with E-state index in [2.05, 4.69) is 0 Å². The van der Waals surface area contributed by atoms with Gasteiger partial charge in [-0.15, -0.1) is 0 Å². The third-order valence-electron chi connectivity index (χ3n) is 5.26. The van der Waals surface area contributed by atoms with Gasteiger partial charge in [0.2, 0.25) is 10.0 Å². The van der Waals surface area contributed by atoms with E-state index in [1.165, 1.54) is 10.4 Å². The smallest absolute Gasteiger partial charge is 0.414 e. The summed E-state index contributed by atoms with van der Waals surface area (Å²) < 4.78 is 32.6. The Labute approximate surface area is 170 Å². The molecular formula is C19H20BClN2O4S. The molecule has 0 spiro atoms. The van der Waals surface area contributed by atoms with E-state index in [1.54, 1.807) is 23.1 Å². The number of ether oxygens (including phenoxy) is 1. The van der Waals surface area contributed by atoms with Crippen LogP contribution in [0.5, 0.6) is 0 Å². The van der Waals surface area contributed by atoms with Gasteiger partial charge >= 0.3 is 6.09 Å². The van der Waals surface area contributed by atoms with E-state index in [-0.39, 0.29) is 23.6 Å². The van der Waals surface area contributed by atoms with Crippen molar-refractivity contribution in [2.45, 2.75) is 30.4 Å². The van der Waals surface area contributed by atoms with E-state index in [0.717, 1.165) is 16.7 Å². The van der Waals surface area contributed by atoms with E-state index in [1.807, 2.05) is 26.0 Å². The molecule has 0 bridgehead atoms. The number of amides is 1. The third kappa shape index (κ3) is 3.52. The first-order valence-corrected chi connectivity index (χ1v) is 11.0. The minimum atomic E-state index is -3.60. The van der Waals surface area contributed by atoms with E-state index in [0.29, 0.717) is 31.0 Å². The number of cyclic esters (lactones) is 1. The van der Waals surface area contributed by atoms with Crippen molar-refractivity contribution >= 4 is 46.7 Å². The molecule has 2 aromatic carbocycles. The SMILES string of the molecule is Bc1ccc2c(c1)COC(=O)N2C1CCN(S(=O)(=O)c2cccc(Cl)c2)CC1. The molecule has 28 heavy (non-hydrogen) atoms. The molecule has 0 unspecified atom stereocenters. The first-order chi connectivity index (χ1) is 13.4. The number of benzene rings is 2. The number of nitrogens with zero attached hydrogens (tertiary/aromatic N) is 2. The van der Waals surface area contributed by atoms with Crippen molar-refractivity contribution < 1.29 is 17.9 Å². The van der Waals surface area contributed by atoms with Crippen molar-refractivity contribution in [3.63, 3.8) is 0 Å². The molecule has 9 heteroatoms. The maximum Gasteiger partial charge on any atom is 0.414 e. The quantitative estimate of drug-likeness (QED) is 0.714. The predicted octanol–water partition coefficient (Wildman–Crippen LogP) is 1.91. The third-order valence-corrected chi connectivity index (χ3v) is 7.39. The van der Waals surface area contributed by atoms with Crippen LogP contribution in [0.15, 0.2) is 47.4 Å². The molecule has 2 aromatic rings. The second-order valence-electron chi connectivity index (χ2n) is 7.15. The Morgan fingerprint density at radius 2 is 1.86 bits per heavy atom. The molecule has 1 saturated heterocycles. The lowest BCUT2D eigenvalue weighted by molar-refractivity contribution is 0.136. The average Bonchev–Trinajstić information content (AvgIpc) is 2.68. The molecule has 0 aromatic heterocycles. The van der Waals surface area contributed by atoms with Crippen molar-refractivity contribution in [1.29, 1.82) is 0 Å². The Balaban J connectivity index is 1.53. The molecule has 4 rings (SSSR count). The van der Waals surface area contributed by atoms with Crippen LogP contribution in [0.25, 0.3) is 0 Å². The van der Waals surface area contributed by atoms with Gasteiger partial charge in [0.1, 0.15) is 14.5 Å². The van der Waals surface area contributed by atoms with Gasteiger partial charge < -0.3 is 4.74 Å². The molecule has 0 saturated carbocycles. The second-order valence-corrected chi connectivity index (χ2v) is 9.52. The Morgan fingerprint density at radius 3 is 2.57 bits per heavy atom. The molecule has 0 radical (unpaired) electrons. The number of fused-ring (bicyclic) bond motifs is 1. The standard InChI is InChI=1S/C19H20BClN2O4S/c20-14-4-5-18-13(10-14)12-27-19(24)23(18)16-6-8-22(9-7-16)28(25,26)17-3-1-2-15(21)11-17/h1-5,10-11,16H,6-9,12,20H2. The highest BCUT2D eigenvalue weighted by molar-refractivity contribution is 7.89. The normalized spacial score (nSPS) is 18.6. The Kier molecular flexibility index (Phi) is 5.12. The lowest BCUT2D eigenvalue weighted by Crippen LogP contribution is -2.50. The number of sulfonamides is 1. The van der Waals surface area contributed by atoms with Crippen LogP contribution in [-0.4, -0.2) is 45.8 Å². The van der Waals surface area contributed by atoms with Crippen LogP contribution in [0.1, 0.15) is 18.4 Å². The summed E-state index contributed by atoms with van der Waals surface area (Å²) in [5.74, 6) is 0. The van der Waals surface area contributed by atoms with Crippen molar-refractivity contribution in [1.82, 2.24) is 4.31 Å². The highest BCUT2D eigenvalue weighted by Gasteiger charge is 2.37. The van der Waals surface area contributed by atoms with Gasteiger partial charge in [0.05, 0.1) is 10.6 Å². The lowest BCUT2D eigenvalue weighted by Gasteiger charge is -2.39. The van der Waals surface area contributed by atoms with Crippen LogP contribution in [0.3, 0.4) is 0 Å². The first kappa shape index (κ1) is 19.3. The molecule has 2 aliphatic heterocycles. The van der Waals surface area contributed by atoms with E-state index < -0.39 is 10.0 Å². The van der Waals surface area contributed by atoms with Gasteiger partial charge in [-0.1, -0.05) is 35.3 Å². The van der Waals surface area contributed by atoms with Crippen molar-refractivity contribution in [3.8, 4) is 0 Å². The summed E-state index contributed by atoms with van der Waals surface area (Å²) in [7, 11) is -1.60. The zero-order valence-electron chi connectivity index (χ0n) is 15.5. The summed E-state index contributed by atoms with van der Waals surface area (Å²) in [6.45, 7) is 0.948. The minimum Gasteiger partial charge on any atom is -0.444 e. The molecule has 146 valence electrons. The van der Waals surface area contributed by atoms with Gasteiger partial charge in [-0.3, -0.25) is 4.90 Å². The molecular weight excluding hydrogens is 399 g/mol. The van der Waals surface area contributed by atoms with Gasteiger partial charge in [-0.2, -0.15) is 4.31 Å². The highest BCUT2D eigenvalue weighted by Crippen LogP contribution is 2.32. The van der Waals surface area contributed by atoms with Gasteiger partial charge in [-0.25, -0.2) is 13.2 Å². The Bertz CT molecular complexity index is 1020. The molecule has 1 amide bonds. The number of anilines is 1. The molecule has 1 fully saturated rings. The summed E-state index contributed by atoms with van der Waals surface area (Å²) in [4.78, 5) is 14.3. The number of halogens is 1. The van der Waals surface area contributed by atoms with Crippen molar-refractivity contribution in [2.24, 2.45) is 0 Å². The summed E-state index contributed by atoms with van der Waals surface area (Å²) in [6, 6.07) is 12.1. The number of rotatable bonds is 3. The fourth-order valence-corrected chi connectivity index (χ4v) is 5.61. The number of hydrogen-bond donors (Lipinski definition) is 0. The zero-order chi connectivity index (χ0) is 19.9. The Hall–Kier alpha value is -2.03. The van der Waals surface area contributed by atoms with Crippen LogP contribution in [0.2, 0.25) is 5.02 Å². The van der Waals surface area contributed by atoms with Gasteiger partial charge in [0.15, 0.2) is 0 Å². The molecule has 0 aliphatic carbocycles. The number of carbonyl (C=O) groups excluding carboxylic acids is 1. The Morgan fingerprint density at radius 1 is 1.11 bits per heavy atom. The van der Waals surface area contributed by atoms with Gasteiger partial charge in [0.25, 0.3) is 0 Å². The topological polar surface area (TPSA) is 66.9 Å². The van der Waals surface area contributed by atoms with Crippen LogP contribution in [0.4, 0.5) is 10.5 Å². The van der Waals surface area contributed by atoms with E-state index >= 15 is 0 Å². The minimum absolute atomic E-state index is 0.0972. The van der Waals surface area contributed by atoms with E-state index in [9.17, 15) is 13.2 Å². The van der Waals surface area contributed by atoms with Crippen molar-refractivity contribution in [3.05, 3.63) is 53.1 Å². The zero-order valence-corrected chi connectivity index (χ0v) is 17.0. The van der Waals surface area contributed by atoms with Crippen molar-refractivity contribution in [2.75, 3.05) is 18.0 Å². The maximum atomic E-state index is 12.9. The molecule has 2 heterocycles. The summed E-state index contributed by atoms with van der Waals surface area (Å²) in [5.41, 5.74) is 2.95. The number of hydrogen-bond acceptors (Lipinski definition) is 4. The summed E-state index contributed by atoms with van der Waals surface area (Å²) >= 11 is 5.95. The molecule has 2 aliphatic rings. The van der Waals surface area contributed by atoms with E-state index in [4.69, 9.17) is 16.3 Å². The lowest BCUT2D eigenvalue weighted by atomic mass is 9.92. The predicted molar refractivity (Wildman–Crippen MR) is 111 cm³/mol. The van der Waals surface area contributed by atoms with Crippen LogP contribution in [0, 0.1) is 0 Å². The van der Waals surface area contributed by atoms with Crippen LogP contribution in [-0.2, 0) is 21.4 Å². The summed E-state index contributed by atoms with van der Waals surface area (Å²) in [5, 5.41) is 0.388. The molecule has 6 nitrogen and oxygen atoms in total. The fraction of sp³-hybridized carbons (Fsp3) is 0.316. The average molecular weight is 419 g/mol. The van der Waals surface area contributed by atoms with Crippen LogP contribution < -0.4 is 10.4 Å². The first-order valence-electron chi connectivity index (χ1n) is 9.17. The van der Waals surface area contributed by atoms with Gasteiger partial charge in [0, 0.05) is 29.7 Å². The highest BCUT2D eigenvalue weighted by atomic mass is 35.5. The monoisotopic (exact) mass is 418 g/mol.